The maximum atomic E-state index is 10.9. The Hall–Kier alpha value is -1.35. The zero-order valence-corrected chi connectivity index (χ0v) is 10.3. The summed E-state index contributed by atoms with van der Waals surface area (Å²) in [6.07, 6.45) is 3.45. The minimum Gasteiger partial charge on any atom is -0.492 e. The summed E-state index contributed by atoms with van der Waals surface area (Å²) in [5, 5.41) is 0. The second-order valence-corrected chi connectivity index (χ2v) is 4.56. The van der Waals surface area contributed by atoms with Crippen molar-refractivity contribution in [3.63, 3.8) is 0 Å². The van der Waals surface area contributed by atoms with Crippen LogP contribution in [0.15, 0.2) is 18.2 Å². The number of carbonyl (C=O) groups excluding carboxylic acids is 1. The van der Waals surface area contributed by atoms with Gasteiger partial charge in [0.05, 0.1) is 5.56 Å². The van der Waals surface area contributed by atoms with E-state index in [1.54, 1.807) is 0 Å². The van der Waals surface area contributed by atoms with E-state index >= 15 is 0 Å². The number of aryl methyl sites for hydroxylation is 1. The summed E-state index contributed by atoms with van der Waals surface area (Å²) in [6.45, 7) is 5.94. The van der Waals surface area contributed by atoms with Gasteiger partial charge in [-0.25, -0.2) is 0 Å². The molecule has 1 heterocycles. The lowest BCUT2D eigenvalue weighted by Crippen LogP contribution is -2.25. The van der Waals surface area contributed by atoms with Crippen LogP contribution in [0.5, 0.6) is 5.75 Å². The molecule has 1 aromatic carbocycles. The molecular weight excluding hydrogens is 214 g/mol. The van der Waals surface area contributed by atoms with Crippen molar-refractivity contribution >= 4 is 6.29 Å². The van der Waals surface area contributed by atoms with Gasteiger partial charge in [-0.1, -0.05) is 11.6 Å². The van der Waals surface area contributed by atoms with Gasteiger partial charge >= 0.3 is 0 Å². The third kappa shape index (κ3) is 3.30. The lowest BCUT2D eigenvalue weighted by molar-refractivity contribution is 0.111. The molecule has 92 valence electrons. The van der Waals surface area contributed by atoms with Crippen LogP contribution in [0.25, 0.3) is 0 Å². The molecule has 0 N–H and O–H groups in total. The van der Waals surface area contributed by atoms with Crippen molar-refractivity contribution < 1.29 is 9.53 Å². The van der Waals surface area contributed by atoms with E-state index in [1.165, 1.54) is 25.9 Å². The Bertz CT molecular complexity index is 384. The number of likely N-dealkylation sites (tertiary alicyclic amines) is 1. The molecule has 0 aliphatic carbocycles. The molecule has 2 rings (SSSR count). The van der Waals surface area contributed by atoms with Gasteiger partial charge in [0, 0.05) is 6.54 Å². The number of hydrogen-bond donors (Lipinski definition) is 0. The van der Waals surface area contributed by atoms with Crippen LogP contribution in [-0.2, 0) is 0 Å². The average Bonchev–Trinajstić information content (AvgIpc) is 2.84. The van der Waals surface area contributed by atoms with Crippen LogP contribution in [0.4, 0.5) is 0 Å². The van der Waals surface area contributed by atoms with Crippen LogP contribution >= 0.6 is 0 Å². The van der Waals surface area contributed by atoms with Gasteiger partial charge in [-0.05, 0) is 45.0 Å². The van der Waals surface area contributed by atoms with Gasteiger partial charge in [0.15, 0.2) is 6.29 Å². The van der Waals surface area contributed by atoms with E-state index in [0.717, 1.165) is 18.4 Å². The first-order valence-corrected chi connectivity index (χ1v) is 6.20. The van der Waals surface area contributed by atoms with E-state index in [9.17, 15) is 4.79 Å². The van der Waals surface area contributed by atoms with Crippen LogP contribution in [0, 0.1) is 6.92 Å². The van der Waals surface area contributed by atoms with Gasteiger partial charge in [0.2, 0.25) is 0 Å². The van der Waals surface area contributed by atoms with Crippen molar-refractivity contribution in [3.05, 3.63) is 29.3 Å². The molecule has 0 aromatic heterocycles. The number of rotatable bonds is 5. The largest absolute Gasteiger partial charge is 0.492 e. The molecule has 0 atom stereocenters. The summed E-state index contributed by atoms with van der Waals surface area (Å²) >= 11 is 0. The smallest absolute Gasteiger partial charge is 0.153 e. The molecule has 3 heteroatoms. The van der Waals surface area contributed by atoms with Crippen LogP contribution in [0.2, 0.25) is 0 Å². The summed E-state index contributed by atoms with van der Waals surface area (Å²) in [6, 6.07) is 5.71. The Morgan fingerprint density at radius 2 is 2.12 bits per heavy atom. The van der Waals surface area contributed by atoms with Gasteiger partial charge in [-0.15, -0.1) is 0 Å². The highest BCUT2D eigenvalue weighted by Gasteiger charge is 2.11. The van der Waals surface area contributed by atoms with Crippen LogP contribution in [0.3, 0.4) is 0 Å². The molecule has 1 aliphatic heterocycles. The van der Waals surface area contributed by atoms with E-state index < -0.39 is 0 Å². The van der Waals surface area contributed by atoms with Crippen molar-refractivity contribution in [3.8, 4) is 5.75 Å². The van der Waals surface area contributed by atoms with Gasteiger partial charge in [-0.2, -0.15) is 0 Å². The first-order valence-electron chi connectivity index (χ1n) is 6.20. The SMILES string of the molecule is Cc1ccc(OCCN2CCCC2)c(C=O)c1. The Morgan fingerprint density at radius 1 is 1.35 bits per heavy atom. The van der Waals surface area contributed by atoms with Crippen molar-refractivity contribution in [2.75, 3.05) is 26.2 Å². The minimum atomic E-state index is 0.645. The fourth-order valence-corrected chi connectivity index (χ4v) is 2.18. The minimum absolute atomic E-state index is 0.645. The number of aldehydes is 1. The predicted molar refractivity (Wildman–Crippen MR) is 67.7 cm³/mol. The maximum absolute atomic E-state index is 10.9. The molecule has 0 unspecified atom stereocenters. The first kappa shape index (κ1) is 12.1. The highest BCUT2D eigenvalue weighted by molar-refractivity contribution is 5.79. The molecule has 1 saturated heterocycles. The Morgan fingerprint density at radius 3 is 2.82 bits per heavy atom. The lowest BCUT2D eigenvalue weighted by atomic mass is 10.1. The molecule has 0 bridgehead atoms. The standard InChI is InChI=1S/C14H19NO2/c1-12-4-5-14(13(10-12)11-16)17-9-8-15-6-2-3-7-15/h4-5,10-11H,2-3,6-9H2,1H3. The third-order valence-electron chi connectivity index (χ3n) is 3.16. The van der Waals surface area contributed by atoms with E-state index in [-0.39, 0.29) is 0 Å². The quantitative estimate of drug-likeness (QED) is 0.731. The summed E-state index contributed by atoms with van der Waals surface area (Å²) in [7, 11) is 0. The van der Waals surface area contributed by atoms with Crippen LogP contribution < -0.4 is 4.74 Å². The number of nitrogens with zero attached hydrogens (tertiary/aromatic N) is 1. The van der Waals surface area contributed by atoms with Crippen molar-refractivity contribution in [1.29, 1.82) is 0 Å². The zero-order chi connectivity index (χ0) is 12.1. The highest BCUT2D eigenvalue weighted by atomic mass is 16.5. The lowest BCUT2D eigenvalue weighted by Gasteiger charge is -2.15. The van der Waals surface area contributed by atoms with Gasteiger partial charge in [0.25, 0.3) is 0 Å². The molecule has 0 amide bonds. The molecule has 1 aromatic rings. The van der Waals surface area contributed by atoms with Crippen molar-refractivity contribution in [1.82, 2.24) is 4.90 Å². The number of benzene rings is 1. The van der Waals surface area contributed by atoms with Crippen molar-refractivity contribution in [2.24, 2.45) is 0 Å². The van der Waals surface area contributed by atoms with Gasteiger partial charge in [0.1, 0.15) is 12.4 Å². The molecule has 0 spiro atoms. The fourth-order valence-electron chi connectivity index (χ4n) is 2.18. The van der Waals surface area contributed by atoms with Crippen molar-refractivity contribution in [2.45, 2.75) is 19.8 Å². The Kier molecular flexibility index (Phi) is 4.15. The monoisotopic (exact) mass is 233 g/mol. The summed E-state index contributed by atoms with van der Waals surface area (Å²) < 4.78 is 5.67. The maximum Gasteiger partial charge on any atom is 0.153 e. The molecule has 1 aliphatic rings. The number of ether oxygens (including phenoxy) is 1. The van der Waals surface area contributed by atoms with E-state index in [0.29, 0.717) is 17.9 Å². The highest BCUT2D eigenvalue weighted by Crippen LogP contribution is 2.18. The molecule has 17 heavy (non-hydrogen) atoms. The fraction of sp³-hybridized carbons (Fsp3) is 0.500. The number of carbonyl (C=O) groups is 1. The number of hydrogen-bond acceptors (Lipinski definition) is 3. The van der Waals surface area contributed by atoms with Crippen LogP contribution in [-0.4, -0.2) is 37.4 Å². The normalized spacial score (nSPS) is 16.1. The zero-order valence-electron chi connectivity index (χ0n) is 10.3. The molecule has 3 nitrogen and oxygen atoms in total. The third-order valence-corrected chi connectivity index (χ3v) is 3.16. The molecular formula is C14H19NO2. The molecule has 1 fully saturated rings. The second kappa shape index (κ2) is 5.82. The Labute approximate surface area is 102 Å². The summed E-state index contributed by atoms with van der Waals surface area (Å²) in [5.74, 6) is 0.699. The van der Waals surface area contributed by atoms with Crippen LogP contribution in [0.1, 0.15) is 28.8 Å². The summed E-state index contributed by atoms with van der Waals surface area (Å²) in [4.78, 5) is 13.3. The van der Waals surface area contributed by atoms with Gasteiger partial charge < -0.3 is 4.74 Å². The van der Waals surface area contributed by atoms with E-state index in [4.69, 9.17) is 4.74 Å². The van der Waals surface area contributed by atoms with E-state index in [2.05, 4.69) is 4.90 Å². The first-order chi connectivity index (χ1) is 8.29. The topological polar surface area (TPSA) is 29.5 Å². The summed E-state index contributed by atoms with van der Waals surface area (Å²) in [5.41, 5.74) is 1.73. The Balaban J connectivity index is 1.87. The van der Waals surface area contributed by atoms with E-state index in [1.807, 2.05) is 25.1 Å². The average molecular weight is 233 g/mol. The van der Waals surface area contributed by atoms with Gasteiger partial charge in [-0.3, -0.25) is 9.69 Å². The second-order valence-electron chi connectivity index (χ2n) is 4.56. The molecule has 0 saturated carbocycles. The molecule has 0 radical (unpaired) electrons. The predicted octanol–water partition coefficient (Wildman–Crippen LogP) is 2.28.